The van der Waals surface area contributed by atoms with Gasteiger partial charge in [-0.1, -0.05) is 13.3 Å². The second-order valence-electron chi connectivity index (χ2n) is 7.17. The first-order valence-electron chi connectivity index (χ1n) is 9.67. The molecular formula is C20H29FN2O3. The van der Waals surface area contributed by atoms with Crippen LogP contribution in [-0.4, -0.2) is 67.2 Å². The Balaban J connectivity index is 1.47. The van der Waals surface area contributed by atoms with E-state index in [1.54, 1.807) is 12.1 Å². The highest BCUT2D eigenvalue weighted by molar-refractivity contribution is 5.78. The number of halogens is 1. The molecule has 1 unspecified atom stereocenters. The van der Waals surface area contributed by atoms with E-state index >= 15 is 0 Å². The molecule has 144 valence electrons. The van der Waals surface area contributed by atoms with Crippen molar-refractivity contribution in [3.63, 3.8) is 0 Å². The zero-order valence-electron chi connectivity index (χ0n) is 15.5. The minimum atomic E-state index is -0.284. The second-order valence-corrected chi connectivity index (χ2v) is 7.17. The summed E-state index contributed by atoms with van der Waals surface area (Å²) in [7, 11) is 0. The maximum Gasteiger partial charge on any atom is 0.248 e. The molecule has 1 atom stereocenters. The van der Waals surface area contributed by atoms with Gasteiger partial charge in [-0.05, 0) is 50.1 Å². The number of piperidine rings is 1. The van der Waals surface area contributed by atoms with E-state index in [4.69, 9.17) is 9.47 Å². The molecule has 26 heavy (non-hydrogen) atoms. The second kappa shape index (κ2) is 9.33. The summed E-state index contributed by atoms with van der Waals surface area (Å²) in [6.45, 7) is 6.55. The van der Waals surface area contributed by atoms with Crippen LogP contribution < -0.4 is 4.74 Å². The zero-order chi connectivity index (χ0) is 18.4. The molecule has 0 spiro atoms. The molecule has 0 bridgehead atoms. The lowest BCUT2D eigenvalue weighted by molar-refractivity contribution is -0.155. The molecule has 2 fully saturated rings. The summed E-state index contributed by atoms with van der Waals surface area (Å²) < 4.78 is 24.3. The molecular weight excluding hydrogens is 335 g/mol. The lowest BCUT2D eigenvalue weighted by Gasteiger charge is -2.42. The van der Waals surface area contributed by atoms with Crippen molar-refractivity contribution in [1.82, 2.24) is 9.80 Å². The van der Waals surface area contributed by atoms with E-state index < -0.39 is 0 Å². The van der Waals surface area contributed by atoms with Gasteiger partial charge in [0.05, 0.1) is 6.54 Å². The number of amides is 1. The van der Waals surface area contributed by atoms with Crippen molar-refractivity contribution in [2.24, 2.45) is 0 Å². The lowest BCUT2D eigenvalue weighted by atomic mass is 10.0. The Morgan fingerprint density at radius 1 is 1.23 bits per heavy atom. The highest BCUT2D eigenvalue weighted by atomic mass is 19.1. The number of nitrogens with zero attached hydrogens (tertiary/aromatic N) is 2. The standard InChI is InChI=1S/C20H29FN2O3/c1-2-3-10-22-11-8-17(9-12-22)23-13-19(26-15-20(23)24)14-25-18-6-4-16(21)5-7-18/h4-7,17,19H,2-3,8-15H2,1H3. The summed E-state index contributed by atoms with van der Waals surface area (Å²) in [5.74, 6) is 0.408. The highest BCUT2D eigenvalue weighted by Crippen LogP contribution is 2.21. The molecule has 1 aromatic carbocycles. The fourth-order valence-corrected chi connectivity index (χ4v) is 3.66. The number of benzene rings is 1. The van der Waals surface area contributed by atoms with Crippen molar-refractivity contribution in [3.8, 4) is 5.75 Å². The molecule has 6 heteroatoms. The van der Waals surface area contributed by atoms with Crippen molar-refractivity contribution >= 4 is 5.91 Å². The maximum absolute atomic E-state index is 13.0. The number of rotatable bonds is 7. The topological polar surface area (TPSA) is 42.0 Å². The van der Waals surface area contributed by atoms with Crippen molar-refractivity contribution < 1.29 is 18.7 Å². The number of unbranched alkanes of at least 4 members (excludes halogenated alkanes) is 1. The van der Waals surface area contributed by atoms with Gasteiger partial charge in [0.25, 0.3) is 0 Å². The smallest absolute Gasteiger partial charge is 0.248 e. The van der Waals surface area contributed by atoms with Crippen LogP contribution in [0.25, 0.3) is 0 Å². The van der Waals surface area contributed by atoms with Crippen LogP contribution in [0.3, 0.4) is 0 Å². The van der Waals surface area contributed by atoms with E-state index in [1.165, 1.54) is 25.0 Å². The molecule has 2 heterocycles. The quantitative estimate of drug-likeness (QED) is 0.746. The van der Waals surface area contributed by atoms with Gasteiger partial charge >= 0.3 is 0 Å². The van der Waals surface area contributed by atoms with Gasteiger partial charge in [-0.2, -0.15) is 0 Å². The Bertz CT molecular complexity index is 573. The first-order chi connectivity index (χ1) is 12.7. The average molecular weight is 364 g/mol. The number of ether oxygens (including phenoxy) is 2. The summed E-state index contributed by atoms with van der Waals surface area (Å²) in [4.78, 5) is 16.8. The first-order valence-corrected chi connectivity index (χ1v) is 9.67. The van der Waals surface area contributed by atoms with Crippen molar-refractivity contribution in [2.45, 2.75) is 44.8 Å². The molecule has 2 saturated heterocycles. The fourth-order valence-electron chi connectivity index (χ4n) is 3.66. The number of hydrogen-bond donors (Lipinski definition) is 0. The molecule has 1 aromatic rings. The largest absolute Gasteiger partial charge is 0.491 e. The monoisotopic (exact) mass is 364 g/mol. The molecule has 0 aliphatic carbocycles. The third kappa shape index (κ3) is 5.17. The van der Waals surface area contributed by atoms with Gasteiger partial charge in [0.2, 0.25) is 5.91 Å². The highest BCUT2D eigenvalue weighted by Gasteiger charge is 2.33. The summed E-state index contributed by atoms with van der Waals surface area (Å²) in [6.07, 6.45) is 4.37. The predicted molar refractivity (Wildman–Crippen MR) is 97.7 cm³/mol. The molecule has 5 nitrogen and oxygen atoms in total. The number of likely N-dealkylation sites (tertiary alicyclic amines) is 1. The Labute approximate surface area is 155 Å². The minimum Gasteiger partial charge on any atom is -0.491 e. The average Bonchev–Trinajstić information content (AvgIpc) is 2.67. The van der Waals surface area contributed by atoms with Gasteiger partial charge in [-0.25, -0.2) is 4.39 Å². The first kappa shape index (κ1) is 19.1. The van der Waals surface area contributed by atoms with Crippen LogP contribution in [0.1, 0.15) is 32.6 Å². The summed E-state index contributed by atoms with van der Waals surface area (Å²) in [5.41, 5.74) is 0. The van der Waals surface area contributed by atoms with Gasteiger partial charge in [-0.3, -0.25) is 4.79 Å². The van der Waals surface area contributed by atoms with Crippen LogP contribution in [0, 0.1) is 5.82 Å². The van der Waals surface area contributed by atoms with E-state index in [-0.39, 0.29) is 24.4 Å². The van der Waals surface area contributed by atoms with Gasteiger partial charge in [0.1, 0.15) is 30.9 Å². The zero-order valence-corrected chi connectivity index (χ0v) is 15.5. The van der Waals surface area contributed by atoms with Crippen LogP contribution in [0.5, 0.6) is 5.75 Å². The molecule has 2 aliphatic heterocycles. The molecule has 2 aliphatic rings. The van der Waals surface area contributed by atoms with E-state index in [0.29, 0.717) is 24.9 Å². The van der Waals surface area contributed by atoms with E-state index in [9.17, 15) is 9.18 Å². The van der Waals surface area contributed by atoms with Crippen LogP contribution in [0.4, 0.5) is 4.39 Å². The Hall–Kier alpha value is -1.66. The van der Waals surface area contributed by atoms with E-state index in [1.807, 2.05) is 4.90 Å². The molecule has 3 rings (SSSR count). The van der Waals surface area contributed by atoms with Crippen LogP contribution in [0.15, 0.2) is 24.3 Å². The normalized spacial score (nSPS) is 22.6. The molecule has 0 radical (unpaired) electrons. The molecule has 0 aromatic heterocycles. The number of morpholine rings is 1. The Morgan fingerprint density at radius 2 is 1.96 bits per heavy atom. The molecule has 0 N–H and O–H groups in total. The number of carbonyl (C=O) groups excluding carboxylic acids is 1. The van der Waals surface area contributed by atoms with E-state index in [0.717, 1.165) is 32.5 Å². The van der Waals surface area contributed by atoms with Crippen molar-refractivity contribution in [3.05, 3.63) is 30.1 Å². The number of carbonyl (C=O) groups is 1. The fraction of sp³-hybridized carbons (Fsp3) is 0.650. The van der Waals surface area contributed by atoms with Crippen LogP contribution >= 0.6 is 0 Å². The minimum absolute atomic E-state index is 0.0787. The van der Waals surface area contributed by atoms with Crippen LogP contribution in [-0.2, 0) is 9.53 Å². The van der Waals surface area contributed by atoms with Crippen molar-refractivity contribution in [2.75, 3.05) is 39.4 Å². The van der Waals surface area contributed by atoms with Crippen LogP contribution in [0.2, 0.25) is 0 Å². The Morgan fingerprint density at radius 3 is 2.65 bits per heavy atom. The lowest BCUT2D eigenvalue weighted by Crippen LogP contribution is -2.55. The van der Waals surface area contributed by atoms with Gasteiger partial charge in [0.15, 0.2) is 0 Å². The van der Waals surface area contributed by atoms with Gasteiger partial charge in [-0.15, -0.1) is 0 Å². The molecule has 1 amide bonds. The van der Waals surface area contributed by atoms with Crippen molar-refractivity contribution in [1.29, 1.82) is 0 Å². The molecule has 0 saturated carbocycles. The summed E-state index contributed by atoms with van der Waals surface area (Å²) >= 11 is 0. The summed E-state index contributed by atoms with van der Waals surface area (Å²) in [6, 6.07) is 6.26. The summed E-state index contributed by atoms with van der Waals surface area (Å²) in [5, 5.41) is 0. The van der Waals surface area contributed by atoms with Gasteiger partial charge < -0.3 is 19.3 Å². The van der Waals surface area contributed by atoms with Gasteiger partial charge in [0, 0.05) is 19.1 Å². The Kier molecular flexibility index (Phi) is 6.86. The predicted octanol–water partition coefficient (Wildman–Crippen LogP) is 2.70. The maximum atomic E-state index is 13.0. The third-order valence-corrected chi connectivity index (χ3v) is 5.24. The third-order valence-electron chi connectivity index (χ3n) is 5.24. The van der Waals surface area contributed by atoms with E-state index in [2.05, 4.69) is 11.8 Å². The SMILES string of the molecule is CCCCN1CCC(N2CC(COc3ccc(F)cc3)OCC2=O)CC1. The number of hydrogen-bond acceptors (Lipinski definition) is 4.